The predicted molar refractivity (Wildman–Crippen MR) is 123 cm³/mol. The zero-order valence-electron chi connectivity index (χ0n) is 19.3. The molecule has 0 radical (unpaired) electrons. The van der Waals surface area contributed by atoms with Crippen LogP contribution in [-0.4, -0.2) is 37.3 Å². The number of aliphatic hydroxyl groups is 1. The fourth-order valence-corrected chi connectivity index (χ4v) is 3.40. The zero-order valence-corrected chi connectivity index (χ0v) is 19.3. The average Bonchev–Trinajstić information content (AvgIpc) is 2.73. The van der Waals surface area contributed by atoms with Gasteiger partial charge < -0.3 is 15.3 Å². The summed E-state index contributed by atoms with van der Waals surface area (Å²) in [5.74, 6) is -0.114. The van der Waals surface area contributed by atoms with Crippen molar-refractivity contribution in [2.45, 2.75) is 122 Å². The zero-order chi connectivity index (χ0) is 21.3. The SMILES string of the molecule is CCCCCCCCC(=O)ONCCCCCCCNCCCCCCCCO. The van der Waals surface area contributed by atoms with Gasteiger partial charge in [-0.1, -0.05) is 84.0 Å². The standard InChI is InChI=1S/C24H50N2O3/c1-2-3-4-5-9-14-19-24(28)29-26-22-17-12-8-11-16-21-25-20-15-10-6-7-13-18-23-27/h25-27H,2-23H2,1H3. The molecule has 5 nitrogen and oxygen atoms in total. The highest BCUT2D eigenvalue weighted by Gasteiger charge is 2.02. The molecule has 174 valence electrons. The van der Waals surface area contributed by atoms with Crippen LogP contribution in [0, 0.1) is 0 Å². The van der Waals surface area contributed by atoms with Crippen LogP contribution in [0.3, 0.4) is 0 Å². The van der Waals surface area contributed by atoms with Crippen molar-refractivity contribution in [1.29, 1.82) is 0 Å². The Labute approximate surface area is 180 Å². The van der Waals surface area contributed by atoms with E-state index in [1.165, 1.54) is 83.5 Å². The molecule has 0 aromatic rings. The van der Waals surface area contributed by atoms with Gasteiger partial charge in [0.1, 0.15) is 0 Å². The largest absolute Gasteiger partial charge is 0.396 e. The molecule has 0 rings (SSSR count). The Morgan fingerprint density at radius 2 is 1.14 bits per heavy atom. The quantitative estimate of drug-likeness (QED) is 0.140. The lowest BCUT2D eigenvalue weighted by atomic mass is 10.1. The summed E-state index contributed by atoms with van der Waals surface area (Å²) in [7, 11) is 0. The lowest BCUT2D eigenvalue weighted by molar-refractivity contribution is -0.151. The molecular weight excluding hydrogens is 364 g/mol. The average molecular weight is 415 g/mol. The van der Waals surface area contributed by atoms with Gasteiger partial charge in [0.25, 0.3) is 0 Å². The Bertz CT molecular complexity index is 327. The van der Waals surface area contributed by atoms with Crippen LogP contribution in [-0.2, 0) is 9.63 Å². The maximum Gasteiger partial charge on any atom is 0.324 e. The number of hydrogen-bond acceptors (Lipinski definition) is 5. The van der Waals surface area contributed by atoms with E-state index in [2.05, 4.69) is 17.7 Å². The molecule has 5 heteroatoms. The second-order valence-electron chi connectivity index (χ2n) is 8.25. The highest BCUT2D eigenvalue weighted by atomic mass is 16.7. The highest BCUT2D eigenvalue weighted by Crippen LogP contribution is 2.07. The van der Waals surface area contributed by atoms with E-state index in [1.807, 2.05) is 0 Å². The van der Waals surface area contributed by atoms with Crippen molar-refractivity contribution < 1.29 is 14.7 Å². The molecule has 0 fully saturated rings. The van der Waals surface area contributed by atoms with Gasteiger partial charge in [-0.15, -0.1) is 0 Å². The Balaban J connectivity index is 3.10. The Kier molecular flexibility index (Phi) is 24.8. The minimum Gasteiger partial charge on any atom is -0.396 e. The van der Waals surface area contributed by atoms with Crippen molar-refractivity contribution in [3.63, 3.8) is 0 Å². The molecule has 0 bridgehead atoms. The third-order valence-corrected chi connectivity index (χ3v) is 5.31. The first-order valence-corrected chi connectivity index (χ1v) is 12.5. The molecule has 0 atom stereocenters. The van der Waals surface area contributed by atoms with E-state index >= 15 is 0 Å². The lowest BCUT2D eigenvalue weighted by Gasteiger charge is -2.07. The number of carbonyl (C=O) groups excluding carboxylic acids is 1. The normalized spacial score (nSPS) is 11.1. The van der Waals surface area contributed by atoms with Crippen molar-refractivity contribution in [3.8, 4) is 0 Å². The van der Waals surface area contributed by atoms with Gasteiger partial charge in [0.15, 0.2) is 0 Å². The van der Waals surface area contributed by atoms with Crippen molar-refractivity contribution in [1.82, 2.24) is 10.8 Å². The van der Waals surface area contributed by atoms with Gasteiger partial charge in [-0.3, -0.25) is 4.79 Å². The summed E-state index contributed by atoms with van der Waals surface area (Å²) >= 11 is 0. The van der Waals surface area contributed by atoms with Crippen LogP contribution in [0.2, 0.25) is 0 Å². The van der Waals surface area contributed by atoms with Crippen molar-refractivity contribution in [2.75, 3.05) is 26.2 Å². The molecule has 0 aliphatic rings. The molecule has 0 spiro atoms. The summed E-state index contributed by atoms with van der Waals surface area (Å²) in [6, 6.07) is 0. The van der Waals surface area contributed by atoms with Gasteiger partial charge >= 0.3 is 5.97 Å². The molecule has 0 unspecified atom stereocenters. The summed E-state index contributed by atoms with van der Waals surface area (Å²) < 4.78 is 0. The molecule has 0 saturated heterocycles. The van der Waals surface area contributed by atoms with Gasteiger partial charge in [0.05, 0.1) is 0 Å². The van der Waals surface area contributed by atoms with Crippen molar-refractivity contribution in [2.24, 2.45) is 0 Å². The molecule has 0 aromatic carbocycles. The number of hydrogen-bond donors (Lipinski definition) is 3. The molecule has 0 aromatic heterocycles. The molecule has 0 aliphatic heterocycles. The van der Waals surface area contributed by atoms with Crippen LogP contribution < -0.4 is 10.8 Å². The Morgan fingerprint density at radius 3 is 1.72 bits per heavy atom. The van der Waals surface area contributed by atoms with Crippen molar-refractivity contribution >= 4 is 5.97 Å². The van der Waals surface area contributed by atoms with Gasteiger partial charge in [-0.25, -0.2) is 0 Å². The van der Waals surface area contributed by atoms with Crippen LogP contribution in [0.1, 0.15) is 122 Å². The minimum absolute atomic E-state index is 0.114. The maximum atomic E-state index is 11.6. The van der Waals surface area contributed by atoms with E-state index in [4.69, 9.17) is 9.94 Å². The van der Waals surface area contributed by atoms with Crippen LogP contribution in [0.15, 0.2) is 0 Å². The minimum atomic E-state index is -0.114. The third kappa shape index (κ3) is 25.3. The smallest absolute Gasteiger partial charge is 0.324 e. The van der Waals surface area contributed by atoms with Gasteiger partial charge in [0.2, 0.25) is 0 Å². The first kappa shape index (κ1) is 28.4. The van der Waals surface area contributed by atoms with E-state index in [0.29, 0.717) is 13.0 Å². The summed E-state index contributed by atoms with van der Waals surface area (Å²) in [6.07, 6.45) is 21.0. The maximum absolute atomic E-state index is 11.6. The van der Waals surface area contributed by atoms with Crippen LogP contribution in [0.5, 0.6) is 0 Å². The number of carbonyl (C=O) groups is 1. The third-order valence-electron chi connectivity index (χ3n) is 5.31. The first-order chi connectivity index (χ1) is 14.3. The monoisotopic (exact) mass is 414 g/mol. The van der Waals surface area contributed by atoms with E-state index in [1.54, 1.807) is 0 Å². The lowest BCUT2D eigenvalue weighted by Crippen LogP contribution is -2.20. The molecular formula is C24H50N2O3. The van der Waals surface area contributed by atoms with Gasteiger partial charge in [-0.05, 0) is 45.2 Å². The number of rotatable bonds is 24. The Hall–Kier alpha value is -0.650. The summed E-state index contributed by atoms with van der Waals surface area (Å²) in [5.41, 5.74) is 2.82. The van der Waals surface area contributed by atoms with Gasteiger partial charge in [0, 0.05) is 19.6 Å². The van der Waals surface area contributed by atoms with E-state index < -0.39 is 0 Å². The number of nitrogens with one attached hydrogen (secondary N) is 2. The van der Waals surface area contributed by atoms with Gasteiger partial charge in [-0.2, -0.15) is 5.48 Å². The van der Waals surface area contributed by atoms with Crippen LogP contribution in [0.25, 0.3) is 0 Å². The fourth-order valence-electron chi connectivity index (χ4n) is 3.40. The first-order valence-electron chi connectivity index (χ1n) is 12.5. The number of unbranched alkanes of at least 4 members (excludes halogenated alkanes) is 14. The van der Waals surface area contributed by atoms with E-state index in [-0.39, 0.29) is 5.97 Å². The molecule has 29 heavy (non-hydrogen) atoms. The van der Waals surface area contributed by atoms with E-state index in [9.17, 15) is 4.79 Å². The summed E-state index contributed by atoms with van der Waals surface area (Å²) in [5, 5.41) is 12.3. The molecule has 0 heterocycles. The van der Waals surface area contributed by atoms with Crippen LogP contribution in [0.4, 0.5) is 0 Å². The number of hydroxylamine groups is 1. The topological polar surface area (TPSA) is 70.6 Å². The predicted octanol–water partition coefficient (Wildman–Crippen LogP) is 5.66. The molecule has 3 N–H and O–H groups in total. The molecule has 0 saturated carbocycles. The van der Waals surface area contributed by atoms with Crippen LogP contribution >= 0.6 is 0 Å². The molecule has 0 aliphatic carbocycles. The Morgan fingerprint density at radius 1 is 0.655 bits per heavy atom. The highest BCUT2D eigenvalue weighted by molar-refractivity contribution is 5.68. The second-order valence-corrected chi connectivity index (χ2v) is 8.25. The summed E-state index contributed by atoms with van der Waals surface area (Å²) in [4.78, 5) is 16.7. The number of aliphatic hydroxyl groups excluding tert-OH is 1. The second kappa shape index (κ2) is 25.4. The van der Waals surface area contributed by atoms with Crippen molar-refractivity contribution in [3.05, 3.63) is 0 Å². The fraction of sp³-hybridized carbons (Fsp3) is 0.958. The molecule has 0 amide bonds. The summed E-state index contributed by atoms with van der Waals surface area (Å²) in [6.45, 7) is 5.57. The van der Waals surface area contributed by atoms with E-state index in [0.717, 1.165) is 45.3 Å².